The highest BCUT2D eigenvalue weighted by Crippen LogP contribution is 2.59. The van der Waals surface area contributed by atoms with E-state index in [0.29, 0.717) is 23.4 Å². The number of sulfonamides is 1. The molecule has 1 N–H and O–H groups in total. The molecule has 0 radical (unpaired) electrons. The summed E-state index contributed by atoms with van der Waals surface area (Å²) in [5, 5.41) is 0.425. The van der Waals surface area contributed by atoms with Gasteiger partial charge >= 0.3 is 0 Å². The van der Waals surface area contributed by atoms with Gasteiger partial charge in [0.15, 0.2) is 0 Å². The van der Waals surface area contributed by atoms with E-state index in [2.05, 4.69) is 4.72 Å². The van der Waals surface area contributed by atoms with Crippen LogP contribution in [0.4, 0.5) is 0 Å². The molecule has 24 heavy (non-hydrogen) atoms. The number of ether oxygens (including phenoxy) is 1. The molecule has 5 rings (SSSR count). The first-order valence-electron chi connectivity index (χ1n) is 8.73. The van der Waals surface area contributed by atoms with Gasteiger partial charge in [0.25, 0.3) is 0 Å². The number of nitrogens with one attached hydrogen (secondary N) is 1. The van der Waals surface area contributed by atoms with Crippen molar-refractivity contribution in [2.45, 2.75) is 42.6 Å². The molecule has 0 aromatic heterocycles. The van der Waals surface area contributed by atoms with Gasteiger partial charge in [0.05, 0.1) is 10.5 Å². The summed E-state index contributed by atoms with van der Waals surface area (Å²) < 4.78 is 34.1. The molecule has 1 aromatic carbocycles. The van der Waals surface area contributed by atoms with E-state index in [4.69, 9.17) is 16.3 Å². The number of benzene rings is 1. The van der Waals surface area contributed by atoms with E-state index < -0.39 is 10.0 Å². The van der Waals surface area contributed by atoms with Gasteiger partial charge in [-0.3, -0.25) is 0 Å². The predicted molar refractivity (Wildman–Crippen MR) is 93.4 cm³/mol. The Balaban J connectivity index is 1.55. The maximum Gasteiger partial charge on any atom is 0.240 e. The molecule has 0 saturated heterocycles. The highest BCUT2D eigenvalue weighted by Gasteiger charge is 2.57. The van der Waals surface area contributed by atoms with Crippen LogP contribution in [0.5, 0.6) is 0 Å². The summed E-state index contributed by atoms with van der Waals surface area (Å²) in [6.45, 7) is 0.354. The van der Waals surface area contributed by atoms with Gasteiger partial charge in [-0.05, 0) is 74.0 Å². The lowest BCUT2D eigenvalue weighted by atomic mass is 9.50. The van der Waals surface area contributed by atoms with Crippen molar-refractivity contribution in [3.8, 4) is 0 Å². The van der Waals surface area contributed by atoms with Crippen LogP contribution in [-0.2, 0) is 14.8 Å². The van der Waals surface area contributed by atoms with Crippen molar-refractivity contribution in [1.82, 2.24) is 4.72 Å². The van der Waals surface area contributed by atoms with Crippen LogP contribution < -0.4 is 4.72 Å². The lowest BCUT2D eigenvalue weighted by Gasteiger charge is -2.60. The van der Waals surface area contributed by atoms with E-state index >= 15 is 0 Å². The average Bonchev–Trinajstić information content (AvgIpc) is 2.54. The average molecular weight is 370 g/mol. The molecule has 1 aromatic rings. The normalized spacial score (nSPS) is 37.8. The number of methoxy groups -OCH3 is 1. The third kappa shape index (κ3) is 2.70. The van der Waals surface area contributed by atoms with Crippen molar-refractivity contribution in [2.75, 3.05) is 13.7 Å². The van der Waals surface area contributed by atoms with Crippen molar-refractivity contribution >= 4 is 21.6 Å². The van der Waals surface area contributed by atoms with E-state index in [1.807, 2.05) is 0 Å². The molecule has 4 nitrogen and oxygen atoms in total. The zero-order valence-corrected chi connectivity index (χ0v) is 15.4. The number of halogens is 1. The van der Waals surface area contributed by atoms with Gasteiger partial charge in [-0.25, -0.2) is 13.1 Å². The van der Waals surface area contributed by atoms with E-state index in [-0.39, 0.29) is 10.5 Å². The molecule has 0 heterocycles. The second-order valence-corrected chi connectivity index (χ2v) is 9.95. The van der Waals surface area contributed by atoms with Gasteiger partial charge in [0.2, 0.25) is 10.0 Å². The van der Waals surface area contributed by atoms with Gasteiger partial charge in [0, 0.05) is 18.7 Å². The maximum absolute atomic E-state index is 12.7. The van der Waals surface area contributed by atoms with Crippen molar-refractivity contribution in [2.24, 2.45) is 23.7 Å². The number of hydrogen-bond donors (Lipinski definition) is 1. The summed E-state index contributed by atoms with van der Waals surface area (Å²) in [5.41, 5.74) is -0.348. The molecule has 0 spiro atoms. The monoisotopic (exact) mass is 369 g/mol. The van der Waals surface area contributed by atoms with Crippen molar-refractivity contribution in [3.63, 3.8) is 0 Å². The largest absolute Gasteiger partial charge is 0.376 e. The third-order valence-electron chi connectivity index (χ3n) is 6.55. The van der Waals surface area contributed by atoms with E-state index in [0.717, 1.165) is 11.8 Å². The number of hydrogen-bond acceptors (Lipinski definition) is 3. The van der Waals surface area contributed by atoms with E-state index in [1.54, 1.807) is 25.3 Å². The molecular formula is C18H24ClNO3S. The molecule has 0 atom stereocenters. The maximum atomic E-state index is 12.7. The molecule has 0 unspecified atom stereocenters. The molecule has 0 aliphatic heterocycles. The molecule has 4 saturated carbocycles. The number of rotatable bonds is 5. The summed E-state index contributed by atoms with van der Waals surface area (Å²) in [6, 6.07) is 6.39. The Morgan fingerprint density at radius 1 is 1.17 bits per heavy atom. The van der Waals surface area contributed by atoms with Crippen LogP contribution in [0.15, 0.2) is 29.2 Å². The second kappa shape index (κ2) is 5.97. The molecule has 132 valence electrons. The highest BCUT2D eigenvalue weighted by atomic mass is 35.5. The zero-order chi connectivity index (χ0) is 16.9. The summed E-state index contributed by atoms with van der Waals surface area (Å²) in [6.07, 6.45) is 6.08. The second-order valence-electron chi connectivity index (χ2n) is 7.75. The summed E-state index contributed by atoms with van der Waals surface area (Å²) >= 11 is 5.94. The highest BCUT2D eigenvalue weighted by molar-refractivity contribution is 7.89. The quantitative estimate of drug-likeness (QED) is 0.864. The summed E-state index contributed by atoms with van der Waals surface area (Å²) in [7, 11) is -1.83. The zero-order valence-electron chi connectivity index (χ0n) is 13.9. The van der Waals surface area contributed by atoms with Crippen molar-refractivity contribution in [3.05, 3.63) is 29.3 Å². The molecular weight excluding hydrogens is 346 g/mol. The van der Waals surface area contributed by atoms with Gasteiger partial charge < -0.3 is 4.74 Å². The molecule has 4 aliphatic rings. The fourth-order valence-corrected chi connectivity index (χ4v) is 6.98. The Morgan fingerprint density at radius 3 is 2.33 bits per heavy atom. The topological polar surface area (TPSA) is 55.4 Å². The first-order chi connectivity index (χ1) is 11.4. The minimum absolute atomic E-state index is 0.213. The minimum atomic E-state index is -3.58. The van der Waals surface area contributed by atoms with Crippen molar-refractivity contribution < 1.29 is 13.2 Å². The van der Waals surface area contributed by atoms with Crippen LogP contribution in [0.2, 0.25) is 5.02 Å². The van der Waals surface area contributed by atoms with Gasteiger partial charge in [-0.1, -0.05) is 17.7 Å². The Morgan fingerprint density at radius 2 is 1.79 bits per heavy atom. The van der Waals surface area contributed by atoms with Crippen LogP contribution in [0.1, 0.15) is 32.1 Å². The standard InChI is InChI=1S/C18H24ClNO3S/c1-23-18(14-6-12-5-13(8-14)9-15(18)7-12)11-20-24(21,22)17-4-2-3-16(19)10-17/h2-4,10,12-15,20H,5-9,11H2,1H3. The SMILES string of the molecule is COC1(CNS(=O)(=O)c2cccc(Cl)c2)C2CC3CC(C2)CC1C3. The fraction of sp³-hybridized carbons (Fsp3) is 0.667. The fourth-order valence-electron chi connectivity index (χ4n) is 5.60. The lowest BCUT2D eigenvalue weighted by Crippen LogP contribution is -2.63. The van der Waals surface area contributed by atoms with Crippen LogP contribution in [-0.4, -0.2) is 27.7 Å². The molecule has 6 heteroatoms. The molecule has 0 amide bonds. The summed E-state index contributed by atoms with van der Waals surface area (Å²) in [4.78, 5) is 0.213. The Hall–Kier alpha value is -0.620. The molecule has 4 bridgehead atoms. The molecule has 4 aliphatic carbocycles. The Bertz CT molecular complexity index is 706. The lowest BCUT2D eigenvalue weighted by molar-refractivity contribution is -0.185. The predicted octanol–water partition coefficient (Wildman–Crippen LogP) is 3.46. The van der Waals surface area contributed by atoms with Gasteiger partial charge in [-0.2, -0.15) is 0 Å². The van der Waals surface area contributed by atoms with E-state index in [9.17, 15) is 8.42 Å². The first kappa shape index (κ1) is 16.8. The molecule has 4 fully saturated rings. The van der Waals surface area contributed by atoms with Crippen LogP contribution in [0.25, 0.3) is 0 Å². The smallest absolute Gasteiger partial charge is 0.240 e. The first-order valence-corrected chi connectivity index (χ1v) is 10.6. The minimum Gasteiger partial charge on any atom is -0.376 e. The van der Waals surface area contributed by atoms with E-state index in [1.165, 1.54) is 38.2 Å². The van der Waals surface area contributed by atoms with Crippen LogP contribution in [0, 0.1) is 23.7 Å². The Kier molecular flexibility index (Phi) is 4.19. The van der Waals surface area contributed by atoms with Crippen LogP contribution in [0.3, 0.4) is 0 Å². The van der Waals surface area contributed by atoms with Crippen molar-refractivity contribution in [1.29, 1.82) is 0 Å². The third-order valence-corrected chi connectivity index (χ3v) is 8.18. The van der Waals surface area contributed by atoms with Gasteiger partial charge in [-0.15, -0.1) is 0 Å². The Labute approximate surface area is 149 Å². The summed E-state index contributed by atoms with van der Waals surface area (Å²) in [5.74, 6) is 2.59. The van der Waals surface area contributed by atoms with Gasteiger partial charge in [0.1, 0.15) is 0 Å². The van der Waals surface area contributed by atoms with Crippen LogP contribution >= 0.6 is 11.6 Å².